The molecule has 0 fully saturated rings. The largest absolute Gasteiger partial charge is 0.368 e. The van der Waals surface area contributed by atoms with Crippen LogP contribution in [0.25, 0.3) is 11.0 Å². The Kier molecular flexibility index (Phi) is 4.29. The molecule has 0 radical (unpaired) electrons. The number of hydrogen-bond donors (Lipinski definition) is 2. The second kappa shape index (κ2) is 6.54. The minimum absolute atomic E-state index is 0.0724. The zero-order valence-corrected chi connectivity index (χ0v) is 13.3. The van der Waals surface area contributed by atoms with E-state index in [0.717, 1.165) is 16.9 Å². The molecule has 0 aliphatic carbocycles. The molecule has 2 amide bonds. The number of rotatable bonds is 5. The maximum Gasteiger partial charge on any atom is 0.244 e. The van der Waals surface area contributed by atoms with Gasteiger partial charge in [0.1, 0.15) is 18.4 Å². The lowest BCUT2D eigenvalue weighted by molar-refractivity contribution is -0.127. The van der Waals surface area contributed by atoms with Crippen LogP contribution in [-0.2, 0) is 16.1 Å². The first-order chi connectivity index (χ1) is 11.6. The molecule has 1 aromatic heterocycles. The number of nitrogens with zero attached hydrogens (tertiary/aromatic N) is 2. The predicted molar refractivity (Wildman–Crippen MR) is 91.0 cm³/mol. The van der Waals surface area contributed by atoms with Crippen molar-refractivity contribution in [3.8, 4) is 0 Å². The molecule has 6 heteroatoms. The van der Waals surface area contributed by atoms with Gasteiger partial charge in [0.25, 0.3) is 0 Å². The molecule has 0 saturated heterocycles. The van der Waals surface area contributed by atoms with E-state index in [1.165, 1.54) is 0 Å². The number of primary amides is 1. The zero-order valence-electron chi connectivity index (χ0n) is 13.3. The van der Waals surface area contributed by atoms with E-state index in [1.807, 2.05) is 41.8 Å². The number of nitrogens with one attached hydrogen (secondary N) is 1. The minimum Gasteiger partial charge on any atom is -0.368 e. The normalized spacial score (nSPS) is 12.0. The second-order valence-corrected chi connectivity index (χ2v) is 5.55. The van der Waals surface area contributed by atoms with Gasteiger partial charge in [0.05, 0.1) is 11.0 Å². The lowest BCUT2D eigenvalue weighted by Crippen LogP contribution is -2.39. The summed E-state index contributed by atoms with van der Waals surface area (Å²) in [6.45, 7) is 1.92. The summed E-state index contributed by atoms with van der Waals surface area (Å²) in [5.74, 6) is -0.155. The summed E-state index contributed by atoms with van der Waals surface area (Å²) in [5, 5.41) is 2.70. The molecule has 0 spiro atoms. The topological polar surface area (TPSA) is 90.0 Å². The number of nitrogens with two attached hydrogens (primary N) is 1. The highest BCUT2D eigenvalue weighted by Gasteiger charge is 2.20. The van der Waals surface area contributed by atoms with Gasteiger partial charge in [-0.15, -0.1) is 0 Å². The van der Waals surface area contributed by atoms with Crippen molar-refractivity contribution in [2.24, 2.45) is 5.73 Å². The molecular weight excluding hydrogens is 304 g/mol. The summed E-state index contributed by atoms with van der Waals surface area (Å²) in [7, 11) is 0. The van der Waals surface area contributed by atoms with E-state index in [4.69, 9.17) is 5.73 Å². The lowest BCUT2D eigenvalue weighted by Gasteiger charge is -2.16. The summed E-state index contributed by atoms with van der Waals surface area (Å²) < 4.78 is 1.81. The van der Waals surface area contributed by atoms with Crippen molar-refractivity contribution in [2.75, 3.05) is 0 Å². The third kappa shape index (κ3) is 3.12. The van der Waals surface area contributed by atoms with Crippen LogP contribution in [0, 0.1) is 6.92 Å². The molecule has 6 nitrogen and oxygen atoms in total. The van der Waals surface area contributed by atoms with Gasteiger partial charge in [-0.2, -0.15) is 0 Å². The average molecular weight is 322 g/mol. The van der Waals surface area contributed by atoms with Gasteiger partial charge < -0.3 is 15.6 Å². The first kappa shape index (κ1) is 15.7. The summed E-state index contributed by atoms with van der Waals surface area (Å²) in [5.41, 5.74) is 7.80. The van der Waals surface area contributed by atoms with Crippen LogP contribution in [0.3, 0.4) is 0 Å². The SMILES string of the molecule is Cc1nc2ccccc2n1CC(=O)N[C@@H](C(N)=O)c1ccccc1. The molecule has 0 unspecified atom stereocenters. The number of carbonyl (C=O) groups is 2. The van der Waals surface area contributed by atoms with Crippen LogP contribution in [0.15, 0.2) is 54.6 Å². The Labute approximate surface area is 139 Å². The number of benzene rings is 2. The number of fused-ring (bicyclic) bond motifs is 1. The fourth-order valence-electron chi connectivity index (χ4n) is 2.71. The molecule has 24 heavy (non-hydrogen) atoms. The van der Waals surface area contributed by atoms with Crippen molar-refractivity contribution in [3.05, 3.63) is 66.0 Å². The third-order valence-corrected chi connectivity index (χ3v) is 3.87. The Morgan fingerprint density at radius 1 is 1.12 bits per heavy atom. The van der Waals surface area contributed by atoms with Crippen molar-refractivity contribution in [2.45, 2.75) is 19.5 Å². The van der Waals surface area contributed by atoms with Crippen molar-refractivity contribution >= 4 is 22.8 Å². The third-order valence-electron chi connectivity index (χ3n) is 3.87. The summed E-state index contributed by atoms with van der Waals surface area (Å²) in [6.07, 6.45) is 0. The predicted octanol–water partition coefficient (Wildman–Crippen LogP) is 1.69. The first-order valence-electron chi connectivity index (χ1n) is 7.62. The number of carbonyl (C=O) groups excluding carboxylic acids is 2. The van der Waals surface area contributed by atoms with Crippen molar-refractivity contribution in [3.63, 3.8) is 0 Å². The Morgan fingerprint density at radius 3 is 2.50 bits per heavy atom. The molecule has 2 aromatic carbocycles. The highest BCUT2D eigenvalue weighted by atomic mass is 16.2. The van der Waals surface area contributed by atoms with Gasteiger partial charge in [0.15, 0.2) is 0 Å². The second-order valence-electron chi connectivity index (χ2n) is 5.55. The lowest BCUT2D eigenvalue weighted by atomic mass is 10.1. The average Bonchev–Trinajstić information content (AvgIpc) is 2.89. The van der Waals surface area contributed by atoms with Crippen LogP contribution in [0.4, 0.5) is 0 Å². The van der Waals surface area contributed by atoms with E-state index in [2.05, 4.69) is 10.3 Å². The highest BCUT2D eigenvalue weighted by molar-refractivity contribution is 5.88. The summed E-state index contributed by atoms with van der Waals surface area (Å²) >= 11 is 0. The van der Waals surface area contributed by atoms with E-state index >= 15 is 0 Å². The molecule has 3 aromatic rings. The van der Waals surface area contributed by atoms with Crippen LogP contribution in [-0.4, -0.2) is 21.4 Å². The molecule has 3 N–H and O–H groups in total. The van der Waals surface area contributed by atoms with Crippen LogP contribution < -0.4 is 11.1 Å². The number of aryl methyl sites for hydroxylation is 1. The van der Waals surface area contributed by atoms with E-state index in [1.54, 1.807) is 24.3 Å². The van der Waals surface area contributed by atoms with Gasteiger partial charge in [-0.05, 0) is 24.6 Å². The Morgan fingerprint density at radius 2 is 1.79 bits per heavy atom. The van der Waals surface area contributed by atoms with Crippen LogP contribution in [0.5, 0.6) is 0 Å². The molecule has 0 bridgehead atoms. The molecule has 122 valence electrons. The molecule has 1 atom stereocenters. The molecule has 0 saturated carbocycles. The summed E-state index contributed by atoms with van der Waals surface area (Å²) in [4.78, 5) is 28.6. The van der Waals surface area contributed by atoms with Crippen molar-refractivity contribution in [1.82, 2.24) is 14.9 Å². The zero-order chi connectivity index (χ0) is 17.1. The van der Waals surface area contributed by atoms with Gasteiger partial charge in [-0.3, -0.25) is 9.59 Å². The van der Waals surface area contributed by atoms with Crippen molar-refractivity contribution < 1.29 is 9.59 Å². The molecular formula is C18H18N4O2. The maximum absolute atomic E-state index is 12.4. The molecule has 0 aliphatic rings. The number of para-hydroxylation sites is 2. The van der Waals surface area contributed by atoms with E-state index < -0.39 is 11.9 Å². The van der Waals surface area contributed by atoms with Crippen LogP contribution in [0.1, 0.15) is 17.4 Å². The van der Waals surface area contributed by atoms with Gasteiger partial charge in [-0.1, -0.05) is 42.5 Å². The summed E-state index contributed by atoms with van der Waals surface area (Å²) in [6, 6.07) is 15.7. The van der Waals surface area contributed by atoms with E-state index in [-0.39, 0.29) is 12.5 Å². The Bertz CT molecular complexity index is 886. The monoisotopic (exact) mass is 322 g/mol. The van der Waals surface area contributed by atoms with E-state index in [9.17, 15) is 9.59 Å². The van der Waals surface area contributed by atoms with Gasteiger partial charge in [0, 0.05) is 0 Å². The van der Waals surface area contributed by atoms with E-state index in [0.29, 0.717) is 5.56 Å². The fraction of sp³-hybridized carbons (Fsp3) is 0.167. The molecule has 0 aliphatic heterocycles. The first-order valence-corrected chi connectivity index (χ1v) is 7.62. The van der Waals surface area contributed by atoms with Gasteiger partial charge in [0.2, 0.25) is 11.8 Å². The standard InChI is InChI=1S/C18H18N4O2/c1-12-20-14-9-5-6-10-15(14)22(12)11-16(23)21-17(18(19)24)13-7-3-2-4-8-13/h2-10,17H,11H2,1H3,(H2,19,24)(H,21,23)/t17-/m1/s1. The number of amides is 2. The van der Waals surface area contributed by atoms with Crippen molar-refractivity contribution in [1.29, 1.82) is 0 Å². The quantitative estimate of drug-likeness (QED) is 0.749. The Hall–Kier alpha value is -3.15. The molecule has 1 heterocycles. The van der Waals surface area contributed by atoms with Crippen LogP contribution >= 0.6 is 0 Å². The fourth-order valence-corrected chi connectivity index (χ4v) is 2.71. The maximum atomic E-state index is 12.4. The number of hydrogen-bond acceptors (Lipinski definition) is 3. The highest BCUT2D eigenvalue weighted by Crippen LogP contribution is 2.16. The number of imidazole rings is 1. The van der Waals surface area contributed by atoms with Gasteiger partial charge >= 0.3 is 0 Å². The Balaban J connectivity index is 1.81. The smallest absolute Gasteiger partial charge is 0.244 e. The minimum atomic E-state index is -0.853. The van der Waals surface area contributed by atoms with Crippen LogP contribution in [0.2, 0.25) is 0 Å². The molecule has 3 rings (SSSR count). The van der Waals surface area contributed by atoms with Gasteiger partial charge in [-0.25, -0.2) is 4.98 Å². The number of aromatic nitrogens is 2.